The Morgan fingerprint density at radius 2 is 2.25 bits per heavy atom. The van der Waals surface area contributed by atoms with Crippen LogP contribution in [0.1, 0.15) is 4.88 Å². The van der Waals surface area contributed by atoms with Gasteiger partial charge in [-0.15, -0.1) is 11.3 Å². The van der Waals surface area contributed by atoms with Crippen LogP contribution in [0.15, 0.2) is 41.9 Å². The van der Waals surface area contributed by atoms with Gasteiger partial charge in [-0.25, -0.2) is 9.78 Å². The highest BCUT2D eigenvalue weighted by Crippen LogP contribution is 2.07. The Bertz CT molecular complexity index is 442. The Labute approximate surface area is 97.3 Å². The molecule has 2 rings (SSSR count). The molecule has 4 nitrogen and oxygen atoms in total. The van der Waals surface area contributed by atoms with Gasteiger partial charge in [-0.3, -0.25) is 5.32 Å². The number of amides is 2. The zero-order valence-corrected chi connectivity index (χ0v) is 9.33. The summed E-state index contributed by atoms with van der Waals surface area (Å²) in [6.07, 6.45) is 1.63. The second-order valence-electron chi connectivity index (χ2n) is 3.10. The quantitative estimate of drug-likeness (QED) is 0.855. The van der Waals surface area contributed by atoms with Gasteiger partial charge in [0.05, 0.1) is 6.54 Å². The van der Waals surface area contributed by atoms with Gasteiger partial charge in [0.2, 0.25) is 0 Å². The zero-order chi connectivity index (χ0) is 11.2. The number of anilines is 1. The highest BCUT2D eigenvalue weighted by molar-refractivity contribution is 7.09. The lowest BCUT2D eigenvalue weighted by Crippen LogP contribution is -2.28. The average Bonchev–Trinajstić information content (AvgIpc) is 2.81. The molecule has 0 saturated heterocycles. The maximum Gasteiger partial charge on any atom is 0.320 e. The predicted octanol–water partition coefficient (Wildman–Crippen LogP) is 2.46. The van der Waals surface area contributed by atoms with E-state index in [0.29, 0.717) is 12.4 Å². The molecule has 0 spiro atoms. The van der Waals surface area contributed by atoms with Crippen LogP contribution in [0.3, 0.4) is 0 Å². The van der Waals surface area contributed by atoms with Crippen LogP contribution in [0.2, 0.25) is 0 Å². The van der Waals surface area contributed by atoms with Gasteiger partial charge < -0.3 is 5.32 Å². The van der Waals surface area contributed by atoms with Gasteiger partial charge >= 0.3 is 6.03 Å². The lowest BCUT2D eigenvalue weighted by molar-refractivity contribution is 0.252. The molecule has 0 aliphatic heterocycles. The summed E-state index contributed by atoms with van der Waals surface area (Å²) in [5.41, 5.74) is 0. The molecule has 0 aliphatic carbocycles. The minimum absolute atomic E-state index is 0.243. The SMILES string of the molecule is O=C(NCc1cccs1)Nc1ccccn1. The van der Waals surface area contributed by atoms with Crippen molar-refractivity contribution in [3.05, 3.63) is 46.8 Å². The summed E-state index contributed by atoms with van der Waals surface area (Å²) in [6, 6.07) is 9.05. The standard InChI is InChI=1S/C11H11N3OS/c15-11(13-8-9-4-3-7-16-9)14-10-5-1-2-6-12-10/h1-7H,8H2,(H2,12,13,14,15). The lowest BCUT2D eigenvalue weighted by atomic mass is 10.4. The van der Waals surface area contributed by atoms with Crippen LogP contribution in [0.5, 0.6) is 0 Å². The first-order valence-corrected chi connectivity index (χ1v) is 5.71. The first-order chi connectivity index (χ1) is 7.84. The summed E-state index contributed by atoms with van der Waals surface area (Å²) in [7, 11) is 0. The molecule has 2 heterocycles. The lowest BCUT2D eigenvalue weighted by Gasteiger charge is -2.05. The van der Waals surface area contributed by atoms with E-state index in [1.807, 2.05) is 23.6 Å². The van der Waals surface area contributed by atoms with Crippen molar-refractivity contribution in [2.24, 2.45) is 0 Å². The number of nitrogens with one attached hydrogen (secondary N) is 2. The molecule has 0 saturated carbocycles. The number of carbonyl (C=O) groups is 1. The Kier molecular flexibility index (Phi) is 3.50. The summed E-state index contributed by atoms with van der Waals surface area (Å²) >= 11 is 1.61. The summed E-state index contributed by atoms with van der Waals surface area (Å²) in [5, 5.41) is 7.38. The number of urea groups is 1. The van der Waals surface area contributed by atoms with Crippen molar-refractivity contribution in [3.63, 3.8) is 0 Å². The van der Waals surface area contributed by atoms with Crippen molar-refractivity contribution in [2.75, 3.05) is 5.32 Å². The third-order valence-corrected chi connectivity index (χ3v) is 2.79. The Balaban J connectivity index is 1.81. The van der Waals surface area contributed by atoms with Crippen LogP contribution in [-0.2, 0) is 6.54 Å². The molecular formula is C11H11N3OS. The molecular weight excluding hydrogens is 222 g/mol. The molecule has 0 aromatic carbocycles. The molecule has 0 fully saturated rings. The minimum Gasteiger partial charge on any atom is -0.333 e. The summed E-state index contributed by atoms with van der Waals surface area (Å²) in [6.45, 7) is 0.538. The Morgan fingerprint density at radius 3 is 2.94 bits per heavy atom. The van der Waals surface area contributed by atoms with Crippen LogP contribution in [0, 0.1) is 0 Å². The zero-order valence-electron chi connectivity index (χ0n) is 8.51. The first kappa shape index (κ1) is 10.6. The largest absolute Gasteiger partial charge is 0.333 e. The highest BCUT2D eigenvalue weighted by Gasteiger charge is 2.01. The number of pyridine rings is 1. The second kappa shape index (κ2) is 5.27. The maximum atomic E-state index is 11.5. The predicted molar refractivity (Wildman–Crippen MR) is 64.4 cm³/mol. The van der Waals surface area contributed by atoms with Gasteiger partial charge in [0.1, 0.15) is 5.82 Å². The fraction of sp³-hybridized carbons (Fsp3) is 0.0909. The van der Waals surface area contributed by atoms with Gasteiger partial charge in [0, 0.05) is 11.1 Å². The molecule has 2 aromatic heterocycles. The van der Waals surface area contributed by atoms with Crippen LogP contribution in [-0.4, -0.2) is 11.0 Å². The van der Waals surface area contributed by atoms with Crippen molar-refractivity contribution in [1.82, 2.24) is 10.3 Å². The van der Waals surface area contributed by atoms with E-state index in [-0.39, 0.29) is 6.03 Å². The molecule has 5 heteroatoms. The molecule has 0 radical (unpaired) electrons. The highest BCUT2D eigenvalue weighted by atomic mass is 32.1. The van der Waals surface area contributed by atoms with Crippen molar-refractivity contribution in [2.45, 2.75) is 6.54 Å². The smallest absolute Gasteiger partial charge is 0.320 e. The number of hydrogen-bond donors (Lipinski definition) is 2. The number of carbonyl (C=O) groups excluding carboxylic acids is 1. The van der Waals surface area contributed by atoms with E-state index in [0.717, 1.165) is 4.88 Å². The van der Waals surface area contributed by atoms with Crippen molar-refractivity contribution in [3.8, 4) is 0 Å². The van der Waals surface area contributed by atoms with Crippen LogP contribution in [0.25, 0.3) is 0 Å². The molecule has 2 aromatic rings. The van der Waals surface area contributed by atoms with E-state index >= 15 is 0 Å². The summed E-state index contributed by atoms with van der Waals surface area (Å²) < 4.78 is 0. The Hall–Kier alpha value is -1.88. The summed E-state index contributed by atoms with van der Waals surface area (Å²) in [4.78, 5) is 16.6. The van der Waals surface area contributed by atoms with E-state index in [2.05, 4.69) is 15.6 Å². The van der Waals surface area contributed by atoms with E-state index in [1.54, 1.807) is 29.7 Å². The van der Waals surface area contributed by atoms with Crippen molar-refractivity contribution >= 4 is 23.2 Å². The molecule has 2 amide bonds. The number of thiophene rings is 1. The fourth-order valence-electron chi connectivity index (χ4n) is 1.18. The van der Waals surface area contributed by atoms with E-state index < -0.39 is 0 Å². The maximum absolute atomic E-state index is 11.5. The van der Waals surface area contributed by atoms with Gasteiger partial charge in [-0.05, 0) is 23.6 Å². The molecule has 0 unspecified atom stereocenters. The fourth-order valence-corrected chi connectivity index (χ4v) is 1.82. The van der Waals surface area contributed by atoms with Gasteiger partial charge in [0.25, 0.3) is 0 Å². The van der Waals surface area contributed by atoms with E-state index in [4.69, 9.17) is 0 Å². The number of aromatic nitrogens is 1. The monoisotopic (exact) mass is 233 g/mol. The molecule has 82 valence electrons. The first-order valence-electron chi connectivity index (χ1n) is 4.83. The van der Waals surface area contributed by atoms with Crippen LogP contribution < -0.4 is 10.6 Å². The van der Waals surface area contributed by atoms with Crippen LogP contribution >= 0.6 is 11.3 Å². The van der Waals surface area contributed by atoms with Gasteiger partial charge in [0.15, 0.2) is 0 Å². The molecule has 16 heavy (non-hydrogen) atoms. The van der Waals surface area contributed by atoms with Gasteiger partial charge in [-0.2, -0.15) is 0 Å². The Morgan fingerprint density at radius 1 is 1.31 bits per heavy atom. The molecule has 0 atom stereocenters. The molecule has 0 aliphatic rings. The van der Waals surface area contributed by atoms with Gasteiger partial charge in [-0.1, -0.05) is 12.1 Å². The topological polar surface area (TPSA) is 54.0 Å². The van der Waals surface area contributed by atoms with E-state index in [9.17, 15) is 4.79 Å². The third kappa shape index (κ3) is 3.06. The molecule has 0 bridgehead atoms. The number of rotatable bonds is 3. The summed E-state index contributed by atoms with van der Waals surface area (Å²) in [5.74, 6) is 0.547. The average molecular weight is 233 g/mol. The van der Waals surface area contributed by atoms with Crippen molar-refractivity contribution < 1.29 is 4.79 Å². The van der Waals surface area contributed by atoms with Crippen molar-refractivity contribution in [1.29, 1.82) is 0 Å². The number of nitrogens with zero attached hydrogens (tertiary/aromatic N) is 1. The minimum atomic E-state index is -0.243. The van der Waals surface area contributed by atoms with E-state index in [1.165, 1.54) is 0 Å². The second-order valence-corrected chi connectivity index (χ2v) is 4.13. The van der Waals surface area contributed by atoms with Crippen LogP contribution in [0.4, 0.5) is 10.6 Å². The molecule has 2 N–H and O–H groups in total. The third-order valence-electron chi connectivity index (χ3n) is 1.91. The number of hydrogen-bond acceptors (Lipinski definition) is 3. The normalized spacial score (nSPS) is 9.75.